The van der Waals surface area contributed by atoms with Crippen LogP contribution in [0.4, 0.5) is 0 Å². The Morgan fingerprint density at radius 3 is 2.37 bits per heavy atom. The molecule has 0 saturated carbocycles. The predicted octanol–water partition coefficient (Wildman–Crippen LogP) is 0.430. The molecule has 46 heavy (non-hydrogen) atoms. The molecule has 16 heteroatoms. The molecule has 2 aliphatic rings. The maximum atomic E-state index is 13.1. The van der Waals surface area contributed by atoms with Gasteiger partial charge < -0.3 is 24.3 Å². The predicted molar refractivity (Wildman–Crippen MR) is 159 cm³/mol. The van der Waals surface area contributed by atoms with Crippen molar-refractivity contribution in [2.45, 2.75) is 37.1 Å². The van der Waals surface area contributed by atoms with Crippen molar-refractivity contribution in [2.75, 3.05) is 52.8 Å². The number of amides is 5. The van der Waals surface area contributed by atoms with Gasteiger partial charge in [-0.25, -0.2) is 0 Å². The van der Waals surface area contributed by atoms with Gasteiger partial charge in [0.1, 0.15) is 11.8 Å². The Hall–Kier alpha value is -4.22. The second kappa shape index (κ2) is 15.9. The molecule has 5 amide bonds. The number of nitrogens with one attached hydrogen (secondary N) is 2. The molecule has 4 rings (SSSR count). The molecule has 2 aromatic carbocycles. The van der Waals surface area contributed by atoms with E-state index in [0.717, 1.165) is 10.5 Å². The van der Waals surface area contributed by atoms with Gasteiger partial charge in [0.25, 0.3) is 27.8 Å². The first-order chi connectivity index (χ1) is 22.0. The van der Waals surface area contributed by atoms with Gasteiger partial charge in [0.05, 0.1) is 55.7 Å². The highest BCUT2D eigenvalue weighted by Crippen LogP contribution is 2.33. The van der Waals surface area contributed by atoms with Gasteiger partial charge in [-0.1, -0.05) is 23.8 Å². The van der Waals surface area contributed by atoms with Gasteiger partial charge in [-0.2, -0.15) is 8.42 Å². The molecule has 2 aliphatic heterocycles. The van der Waals surface area contributed by atoms with E-state index in [1.807, 2.05) is 6.92 Å². The number of aryl methyl sites for hydroxylation is 1. The average molecular weight is 662 g/mol. The summed E-state index contributed by atoms with van der Waals surface area (Å²) in [6, 6.07) is 7.94. The monoisotopic (exact) mass is 661 g/mol. The number of benzene rings is 2. The quantitative estimate of drug-likeness (QED) is 0.120. The first kappa shape index (κ1) is 34.6. The Morgan fingerprint density at radius 2 is 1.67 bits per heavy atom. The van der Waals surface area contributed by atoms with Crippen molar-refractivity contribution < 1.29 is 55.9 Å². The van der Waals surface area contributed by atoms with Crippen LogP contribution in [0, 0.1) is 6.92 Å². The van der Waals surface area contributed by atoms with Gasteiger partial charge in [0.15, 0.2) is 6.61 Å². The van der Waals surface area contributed by atoms with Crippen molar-refractivity contribution in [3.8, 4) is 5.75 Å². The zero-order valence-electron chi connectivity index (χ0n) is 25.1. The third-order valence-electron chi connectivity index (χ3n) is 7.11. The maximum Gasteiger partial charge on any atom is 0.294 e. The third kappa shape index (κ3) is 8.95. The molecule has 3 N–H and O–H groups in total. The van der Waals surface area contributed by atoms with Crippen LogP contribution in [0.15, 0.2) is 41.3 Å². The van der Waals surface area contributed by atoms with Crippen LogP contribution in [0.3, 0.4) is 0 Å². The van der Waals surface area contributed by atoms with Gasteiger partial charge in [0.2, 0.25) is 11.8 Å². The van der Waals surface area contributed by atoms with Crippen molar-refractivity contribution in [2.24, 2.45) is 0 Å². The number of rotatable bonds is 17. The van der Waals surface area contributed by atoms with Crippen LogP contribution >= 0.6 is 0 Å². The Labute approximate surface area is 265 Å². The molecule has 0 aliphatic carbocycles. The van der Waals surface area contributed by atoms with E-state index in [4.69, 9.17) is 18.9 Å². The van der Waals surface area contributed by atoms with Gasteiger partial charge in [-0.15, -0.1) is 0 Å². The fraction of sp³-hybridized carbons (Fsp3) is 0.433. The van der Waals surface area contributed by atoms with Gasteiger partial charge in [0, 0.05) is 13.0 Å². The summed E-state index contributed by atoms with van der Waals surface area (Å²) in [4.78, 5) is 62.7. The Kier molecular flexibility index (Phi) is 11.9. The van der Waals surface area contributed by atoms with Crippen LogP contribution in [0.1, 0.15) is 44.7 Å². The highest BCUT2D eigenvalue weighted by molar-refractivity contribution is 7.85. The topological polar surface area (TPSA) is 204 Å². The number of hydrogen-bond acceptors (Lipinski definition) is 11. The van der Waals surface area contributed by atoms with E-state index >= 15 is 0 Å². The van der Waals surface area contributed by atoms with E-state index in [1.165, 1.54) is 24.3 Å². The minimum Gasteiger partial charge on any atom is -0.483 e. The molecule has 1 fully saturated rings. The summed E-state index contributed by atoms with van der Waals surface area (Å²) in [6.07, 6.45) is 0.336. The second-order valence-electron chi connectivity index (χ2n) is 10.4. The number of carbonyl (C=O) groups excluding carboxylic acids is 5. The highest BCUT2D eigenvalue weighted by atomic mass is 32.2. The van der Waals surface area contributed by atoms with Gasteiger partial charge >= 0.3 is 0 Å². The largest absolute Gasteiger partial charge is 0.483 e. The highest BCUT2D eigenvalue weighted by Gasteiger charge is 2.46. The minimum atomic E-state index is -4.31. The van der Waals surface area contributed by atoms with Gasteiger partial charge in [-0.05, 0) is 43.5 Å². The van der Waals surface area contributed by atoms with Crippen molar-refractivity contribution >= 4 is 39.7 Å². The normalized spacial score (nSPS) is 16.4. The number of fused-ring (bicyclic) bond motifs is 1. The van der Waals surface area contributed by atoms with E-state index in [-0.39, 0.29) is 74.2 Å². The lowest BCUT2D eigenvalue weighted by atomic mass is 10.0. The van der Waals surface area contributed by atoms with E-state index in [2.05, 4.69) is 10.6 Å². The molecule has 1 atom stereocenters. The first-order valence-electron chi connectivity index (χ1n) is 14.5. The van der Waals surface area contributed by atoms with Crippen LogP contribution < -0.4 is 15.4 Å². The molecule has 2 heterocycles. The van der Waals surface area contributed by atoms with Gasteiger partial charge in [-0.3, -0.25) is 38.7 Å². The van der Waals surface area contributed by atoms with E-state index in [1.54, 1.807) is 12.1 Å². The molecule has 1 saturated heterocycles. The number of nitrogens with zero attached hydrogens (tertiary/aromatic N) is 1. The Morgan fingerprint density at radius 1 is 0.978 bits per heavy atom. The molecule has 0 bridgehead atoms. The number of imide groups is 2. The SMILES string of the molecule is Cc1ccc(S(=O)(=O)O)c(CCOCCOCCOCCNC(=O)COc2cccc3c2C(=O)N(C2CCC(=O)NC2=O)C3=O)c1. The smallest absolute Gasteiger partial charge is 0.294 e. The lowest BCUT2D eigenvalue weighted by Gasteiger charge is -2.27. The molecule has 1 unspecified atom stereocenters. The zero-order valence-corrected chi connectivity index (χ0v) is 25.9. The first-order valence-corrected chi connectivity index (χ1v) is 16.0. The van der Waals surface area contributed by atoms with Crippen LogP contribution in [0.5, 0.6) is 5.75 Å². The minimum absolute atomic E-state index is 0.000810. The lowest BCUT2D eigenvalue weighted by molar-refractivity contribution is -0.136. The molecule has 0 aromatic heterocycles. The molecule has 0 spiro atoms. The maximum absolute atomic E-state index is 13.1. The number of piperidine rings is 1. The number of ether oxygens (including phenoxy) is 4. The summed E-state index contributed by atoms with van der Waals surface area (Å²) in [5, 5.41) is 4.75. The standard InChI is InChI=1S/C30H35N3O12S/c1-19-5-7-24(46(39,40)41)20(17-19)9-11-42-13-15-44-16-14-43-12-10-31-26(35)18-45-23-4-2-3-21-27(23)30(38)33(29(21)37)22-6-8-25(34)32-28(22)36/h2-5,7,17,22H,6,8-16,18H2,1H3,(H,31,35)(H,32,34,36)(H,39,40,41). The molecular weight excluding hydrogens is 626 g/mol. The third-order valence-corrected chi connectivity index (χ3v) is 8.06. The fourth-order valence-corrected chi connectivity index (χ4v) is 5.67. The van der Waals surface area contributed by atoms with Crippen LogP contribution in [0.2, 0.25) is 0 Å². The summed E-state index contributed by atoms with van der Waals surface area (Å²) in [5.74, 6) is -3.06. The number of hydrogen-bond donors (Lipinski definition) is 3. The summed E-state index contributed by atoms with van der Waals surface area (Å²) in [7, 11) is -4.31. The Bertz CT molecular complexity index is 1590. The molecule has 248 valence electrons. The zero-order chi connectivity index (χ0) is 33.3. The van der Waals surface area contributed by atoms with Crippen LogP contribution in [-0.2, 0) is 45.1 Å². The average Bonchev–Trinajstić information content (AvgIpc) is 3.25. The lowest BCUT2D eigenvalue weighted by Crippen LogP contribution is -2.54. The van der Waals surface area contributed by atoms with Crippen molar-refractivity contribution in [3.63, 3.8) is 0 Å². The summed E-state index contributed by atoms with van der Waals surface area (Å²) >= 11 is 0. The van der Waals surface area contributed by atoms with E-state index < -0.39 is 52.3 Å². The van der Waals surface area contributed by atoms with Crippen LogP contribution in [-0.4, -0.2) is 106 Å². The summed E-state index contributed by atoms with van der Waals surface area (Å²) in [6.45, 7) is 3.15. The molecule has 15 nitrogen and oxygen atoms in total. The van der Waals surface area contributed by atoms with Crippen molar-refractivity contribution in [1.29, 1.82) is 0 Å². The molecule has 2 aromatic rings. The van der Waals surface area contributed by atoms with Crippen LogP contribution in [0.25, 0.3) is 0 Å². The van der Waals surface area contributed by atoms with E-state index in [0.29, 0.717) is 18.6 Å². The van der Waals surface area contributed by atoms with Crippen molar-refractivity contribution in [1.82, 2.24) is 15.5 Å². The molecular formula is C30H35N3O12S. The van der Waals surface area contributed by atoms with Crippen molar-refractivity contribution in [3.05, 3.63) is 58.7 Å². The second-order valence-corrected chi connectivity index (χ2v) is 11.8. The fourth-order valence-electron chi connectivity index (χ4n) is 4.94. The molecule has 0 radical (unpaired) electrons. The Balaban J connectivity index is 1.07. The summed E-state index contributed by atoms with van der Waals surface area (Å²) < 4.78 is 54.3. The van der Waals surface area contributed by atoms with E-state index in [9.17, 15) is 36.9 Å². The number of carbonyl (C=O) groups is 5. The summed E-state index contributed by atoms with van der Waals surface area (Å²) in [5.41, 5.74) is 1.35.